The number of carboxylic acid groups (broad SMARTS) is 4. The second kappa shape index (κ2) is 13.1. The Bertz CT molecular complexity index is 2650. The van der Waals surface area contributed by atoms with Gasteiger partial charge in [0.2, 0.25) is 0 Å². The molecule has 274 valence electrons. The summed E-state index contributed by atoms with van der Waals surface area (Å²) in [6.45, 7) is 0. The van der Waals surface area contributed by atoms with Crippen LogP contribution in [0.4, 0.5) is 17.6 Å². The first-order valence-corrected chi connectivity index (χ1v) is 16.6. The molecule has 8 nitrogen and oxygen atoms in total. The Morgan fingerprint density at radius 1 is 0.321 bits per heavy atom. The molecule has 0 bridgehead atoms. The van der Waals surface area contributed by atoms with E-state index in [0.29, 0.717) is 54.6 Å². The van der Waals surface area contributed by atoms with Crippen LogP contribution in [0.15, 0.2) is 109 Å². The van der Waals surface area contributed by atoms with Crippen LogP contribution >= 0.6 is 0 Å². The zero-order chi connectivity index (χ0) is 39.7. The molecule has 8 aromatic carbocycles. The van der Waals surface area contributed by atoms with Crippen LogP contribution in [0.2, 0.25) is 0 Å². The molecule has 0 aliphatic carbocycles. The normalized spacial score (nSPS) is 11.4. The lowest BCUT2D eigenvalue weighted by Gasteiger charge is -2.22. The average Bonchev–Trinajstić information content (AvgIpc) is 3.15. The fourth-order valence-electron chi connectivity index (χ4n) is 7.37. The zero-order valence-corrected chi connectivity index (χ0v) is 28.3. The molecule has 0 saturated carbocycles. The largest absolute Gasteiger partial charge is 0.478 e. The minimum Gasteiger partial charge on any atom is -0.478 e. The molecule has 0 fully saturated rings. The van der Waals surface area contributed by atoms with Crippen molar-refractivity contribution in [3.05, 3.63) is 155 Å². The van der Waals surface area contributed by atoms with Crippen molar-refractivity contribution < 1.29 is 57.2 Å². The summed E-state index contributed by atoms with van der Waals surface area (Å²) in [6.07, 6.45) is 0. The monoisotopic (exact) mass is 754 g/mol. The lowest BCUT2D eigenvalue weighted by atomic mass is 9.81. The van der Waals surface area contributed by atoms with Gasteiger partial charge in [-0.1, -0.05) is 48.5 Å². The van der Waals surface area contributed by atoms with Crippen molar-refractivity contribution in [2.75, 3.05) is 0 Å². The van der Waals surface area contributed by atoms with E-state index in [2.05, 4.69) is 0 Å². The summed E-state index contributed by atoms with van der Waals surface area (Å²) in [6, 6.07) is 24.4. The topological polar surface area (TPSA) is 149 Å². The van der Waals surface area contributed by atoms with Crippen LogP contribution in [0, 0.1) is 23.3 Å². The van der Waals surface area contributed by atoms with E-state index < -0.39 is 69.4 Å². The highest BCUT2D eigenvalue weighted by Crippen LogP contribution is 2.49. The average molecular weight is 755 g/mol. The Balaban J connectivity index is 1.54. The van der Waals surface area contributed by atoms with E-state index in [1.165, 1.54) is 24.3 Å². The Labute approximate surface area is 312 Å². The second-order valence-corrected chi connectivity index (χ2v) is 13.0. The van der Waals surface area contributed by atoms with Crippen LogP contribution in [-0.2, 0) is 0 Å². The third-order valence-electron chi connectivity index (χ3n) is 9.94. The van der Waals surface area contributed by atoms with E-state index >= 15 is 17.6 Å². The highest BCUT2D eigenvalue weighted by molar-refractivity contribution is 6.32. The number of rotatable bonds is 8. The van der Waals surface area contributed by atoms with Gasteiger partial charge in [-0.05, 0) is 137 Å². The molecule has 0 saturated heterocycles. The lowest BCUT2D eigenvalue weighted by molar-refractivity contribution is 0.0680. The van der Waals surface area contributed by atoms with Crippen molar-refractivity contribution in [2.45, 2.75) is 0 Å². The maximum absolute atomic E-state index is 15.3. The fourth-order valence-corrected chi connectivity index (χ4v) is 7.37. The van der Waals surface area contributed by atoms with Crippen LogP contribution < -0.4 is 0 Å². The number of halogens is 4. The lowest BCUT2D eigenvalue weighted by Crippen LogP contribution is -2.02. The van der Waals surface area contributed by atoms with Gasteiger partial charge in [-0.3, -0.25) is 0 Å². The standard InChI is InChI=1S/C44H22F4O8/c45-35-13-19(1-5-27(35)41(49)50)31-17-32(20-2-6-28(42(51)52)36(46)14-20)24-11-12-26-34(22-4-8-30(44(55)56)38(48)16-22)18-33(25-10-9-23(31)39(24)40(25)26)21-3-7-29(43(53)54)37(47)15-21/h1-18H,(H,49,50)(H,51,52)(H,53,54)(H,55,56). The van der Waals surface area contributed by atoms with Gasteiger partial charge in [0.05, 0.1) is 22.3 Å². The molecule has 8 rings (SSSR count). The molecule has 0 spiro atoms. The summed E-state index contributed by atoms with van der Waals surface area (Å²) in [5, 5.41) is 41.1. The predicted molar refractivity (Wildman–Crippen MR) is 200 cm³/mol. The molecule has 56 heavy (non-hydrogen) atoms. The summed E-state index contributed by atoms with van der Waals surface area (Å²) >= 11 is 0. The van der Waals surface area contributed by atoms with Crippen molar-refractivity contribution in [1.82, 2.24) is 0 Å². The third-order valence-corrected chi connectivity index (χ3v) is 9.94. The highest BCUT2D eigenvalue weighted by Gasteiger charge is 2.24. The van der Waals surface area contributed by atoms with Gasteiger partial charge in [0, 0.05) is 0 Å². The Hall–Kier alpha value is -7.60. The van der Waals surface area contributed by atoms with Gasteiger partial charge < -0.3 is 20.4 Å². The Kier molecular flexibility index (Phi) is 8.26. The van der Waals surface area contributed by atoms with Crippen LogP contribution in [0.1, 0.15) is 41.4 Å². The smallest absolute Gasteiger partial charge is 0.338 e. The van der Waals surface area contributed by atoms with E-state index in [9.17, 15) is 39.6 Å². The molecule has 0 aliphatic heterocycles. The van der Waals surface area contributed by atoms with Gasteiger partial charge in [0.1, 0.15) is 23.3 Å². The molecular formula is C44H22F4O8. The maximum atomic E-state index is 15.3. The number of carboxylic acids is 4. The van der Waals surface area contributed by atoms with Gasteiger partial charge in [0.25, 0.3) is 0 Å². The van der Waals surface area contributed by atoms with Gasteiger partial charge in [-0.15, -0.1) is 0 Å². The molecule has 0 aliphatic rings. The summed E-state index contributed by atoms with van der Waals surface area (Å²) in [4.78, 5) is 46.7. The van der Waals surface area contributed by atoms with Crippen molar-refractivity contribution in [3.8, 4) is 44.5 Å². The van der Waals surface area contributed by atoms with Crippen molar-refractivity contribution >= 4 is 56.2 Å². The van der Waals surface area contributed by atoms with Gasteiger partial charge in [-0.2, -0.15) is 0 Å². The first-order valence-electron chi connectivity index (χ1n) is 16.6. The predicted octanol–water partition coefficient (Wildman–Crippen LogP) is 10.6. The molecule has 0 radical (unpaired) electrons. The summed E-state index contributed by atoms with van der Waals surface area (Å²) < 4.78 is 61.0. The molecule has 0 amide bonds. The number of aromatic carboxylic acids is 4. The van der Waals surface area contributed by atoms with Gasteiger partial charge in [0.15, 0.2) is 0 Å². The fraction of sp³-hybridized carbons (Fsp3) is 0. The third kappa shape index (κ3) is 5.62. The quantitative estimate of drug-likeness (QED) is 0.0885. The molecule has 4 N–H and O–H groups in total. The Morgan fingerprint density at radius 2 is 0.536 bits per heavy atom. The summed E-state index contributed by atoms with van der Waals surface area (Å²) in [5.74, 6) is -10.0. The second-order valence-electron chi connectivity index (χ2n) is 13.0. The number of carbonyl (C=O) groups is 4. The van der Waals surface area contributed by atoms with Gasteiger partial charge in [-0.25, -0.2) is 36.7 Å². The molecule has 12 heteroatoms. The molecule has 8 aromatic rings. The minimum atomic E-state index is -1.49. The zero-order valence-electron chi connectivity index (χ0n) is 28.3. The molecule has 0 heterocycles. The van der Waals surface area contributed by atoms with E-state index in [-0.39, 0.29) is 22.3 Å². The van der Waals surface area contributed by atoms with E-state index in [1.807, 2.05) is 0 Å². The van der Waals surface area contributed by atoms with Crippen molar-refractivity contribution in [2.24, 2.45) is 0 Å². The first kappa shape index (κ1) is 35.4. The molecule has 0 aromatic heterocycles. The highest BCUT2D eigenvalue weighted by atomic mass is 19.1. The van der Waals surface area contributed by atoms with E-state index in [1.54, 1.807) is 36.4 Å². The van der Waals surface area contributed by atoms with Gasteiger partial charge >= 0.3 is 23.9 Å². The van der Waals surface area contributed by atoms with Crippen LogP contribution in [0.3, 0.4) is 0 Å². The first-order chi connectivity index (χ1) is 26.7. The number of hydrogen-bond donors (Lipinski definition) is 4. The van der Waals surface area contributed by atoms with Crippen LogP contribution in [0.5, 0.6) is 0 Å². The summed E-state index contributed by atoms with van der Waals surface area (Å²) in [7, 11) is 0. The van der Waals surface area contributed by atoms with E-state index in [0.717, 1.165) is 48.5 Å². The number of hydrogen-bond acceptors (Lipinski definition) is 4. The minimum absolute atomic E-state index is 0.243. The molecule has 0 atom stereocenters. The number of benzene rings is 8. The SMILES string of the molecule is O=C(O)c1ccc(-c2cc(-c3ccc(C(=O)O)c(F)c3)c3ccc4c(-c5ccc(C(=O)O)c(F)c5)cc(-c5ccc(C(=O)O)c(F)c5)c5ccc2c3c54)cc1F. The van der Waals surface area contributed by atoms with Crippen LogP contribution in [-0.4, -0.2) is 44.3 Å². The summed E-state index contributed by atoms with van der Waals surface area (Å²) in [5.41, 5.74) is 0.178. The molecular weight excluding hydrogens is 732 g/mol. The van der Waals surface area contributed by atoms with Crippen LogP contribution in [0.25, 0.3) is 76.8 Å². The maximum Gasteiger partial charge on any atom is 0.338 e. The Morgan fingerprint density at radius 3 is 0.714 bits per heavy atom. The van der Waals surface area contributed by atoms with Crippen molar-refractivity contribution in [3.63, 3.8) is 0 Å². The van der Waals surface area contributed by atoms with E-state index in [4.69, 9.17) is 0 Å². The molecule has 0 unspecified atom stereocenters. The van der Waals surface area contributed by atoms with Crippen molar-refractivity contribution in [1.29, 1.82) is 0 Å².